The van der Waals surface area contributed by atoms with Gasteiger partial charge in [0.25, 0.3) is 11.5 Å². The fourth-order valence-electron chi connectivity index (χ4n) is 3.90. The highest BCUT2D eigenvalue weighted by molar-refractivity contribution is 6.33. The number of hydrogen-bond donors (Lipinski definition) is 1. The van der Waals surface area contributed by atoms with Gasteiger partial charge in [-0.15, -0.1) is 0 Å². The highest BCUT2D eigenvalue weighted by Crippen LogP contribution is 2.30. The third-order valence-electron chi connectivity index (χ3n) is 5.72. The number of aryl methyl sites for hydroxylation is 1. The first kappa shape index (κ1) is 23.4. The first-order valence-corrected chi connectivity index (χ1v) is 11.4. The molecule has 3 heterocycles. The minimum atomic E-state index is -0.366. The topological polar surface area (TPSA) is 108 Å². The molecule has 0 radical (unpaired) electrons. The molecule has 182 valence electrons. The molecule has 11 heteroatoms. The van der Waals surface area contributed by atoms with E-state index in [0.717, 1.165) is 5.56 Å². The lowest BCUT2D eigenvalue weighted by Gasteiger charge is -2.08. The summed E-state index contributed by atoms with van der Waals surface area (Å²) in [6.07, 6.45) is 2.88. The molecule has 0 saturated carbocycles. The first-order valence-electron chi connectivity index (χ1n) is 11.1. The van der Waals surface area contributed by atoms with E-state index in [0.29, 0.717) is 38.6 Å². The van der Waals surface area contributed by atoms with Crippen LogP contribution >= 0.6 is 11.6 Å². The predicted molar refractivity (Wildman–Crippen MR) is 131 cm³/mol. The fourth-order valence-corrected chi connectivity index (χ4v) is 4.13. The van der Waals surface area contributed by atoms with Crippen LogP contribution in [0.4, 0.5) is 4.39 Å². The summed E-state index contributed by atoms with van der Waals surface area (Å²) in [5, 5.41) is 11.9. The number of halogens is 2. The predicted octanol–water partition coefficient (Wildman–Crippen LogP) is 3.83. The fraction of sp³-hybridized carbons (Fsp3) is 0.160. The summed E-state index contributed by atoms with van der Waals surface area (Å²) < 4.78 is 21.4. The molecule has 0 bridgehead atoms. The maximum atomic E-state index is 13.1. The molecular weight excluding hydrogens is 487 g/mol. The lowest BCUT2D eigenvalue weighted by Crippen LogP contribution is -2.28. The molecule has 1 N–H and O–H groups in total. The number of hydrogen-bond acceptors (Lipinski definition) is 6. The Morgan fingerprint density at radius 3 is 2.72 bits per heavy atom. The average Bonchev–Trinajstić information content (AvgIpc) is 3.46. The zero-order chi connectivity index (χ0) is 25.2. The highest BCUT2D eigenvalue weighted by atomic mass is 35.5. The molecule has 9 nitrogen and oxygen atoms in total. The van der Waals surface area contributed by atoms with Crippen LogP contribution in [0.2, 0.25) is 5.02 Å². The average molecular weight is 507 g/mol. The number of nitrogens with zero attached hydrogens (tertiary/aromatic N) is 5. The van der Waals surface area contributed by atoms with E-state index in [4.69, 9.17) is 16.1 Å². The number of amides is 1. The Balaban J connectivity index is 1.30. The van der Waals surface area contributed by atoms with Gasteiger partial charge in [0.2, 0.25) is 0 Å². The number of carbonyl (C=O) groups is 1. The molecule has 0 atom stereocenters. The van der Waals surface area contributed by atoms with E-state index >= 15 is 0 Å². The van der Waals surface area contributed by atoms with Gasteiger partial charge in [0.05, 0.1) is 24.3 Å². The maximum Gasteiger partial charge on any atom is 0.264 e. The smallest absolute Gasteiger partial charge is 0.264 e. The van der Waals surface area contributed by atoms with Crippen molar-refractivity contribution in [3.8, 4) is 11.3 Å². The summed E-state index contributed by atoms with van der Waals surface area (Å²) in [5.41, 5.74) is 2.18. The zero-order valence-corrected chi connectivity index (χ0v) is 19.9. The second kappa shape index (κ2) is 9.74. The van der Waals surface area contributed by atoms with Crippen molar-refractivity contribution in [3.05, 3.63) is 99.1 Å². The molecule has 36 heavy (non-hydrogen) atoms. The van der Waals surface area contributed by atoms with E-state index in [1.165, 1.54) is 29.2 Å². The van der Waals surface area contributed by atoms with Crippen molar-refractivity contribution in [2.45, 2.75) is 20.0 Å². The van der Waals surface area contributed by atoms with Crippen LogP contribution in [-0.2, 0) is 13.1 Å². The van der Waals surface area contributed by atoms with Crippen LogP contribution in [0.1, 0.15) is 21.7 Å². The second-order valence-corrected chi connectivity index (χ2v) is 8.51. The van der Waals surface area contributed by atoms with E-state index in [9.17, 15) is 14.0 Å². The molecular formula is C25H20ClFN6O3. The Morgan fingerprint density at radius 1 is 1.17 bits per heavy atom. The molecule has 0 saturated heterocycles. The van der Waals surface area contributed by atoms with Crippen molar-refractivity contribution in [2.75, 3.05) is 6.54 Å². The molecule has 0 aliphatic heterocycles. The van der Waals surface area contributed by atoms with Crippen LogP contribution in [-0.4, -0.2) is 36.9 Å². The van der Waals surface area contributed by atoms with Crippen LogP contribution in [0.5, 0.6) is 0 Å². The van der Waals surface area contributed by atoms with Crippen molar-refractivity contribution in [2.24, 2.45) is 0 Å². The Labute approximate surface area is 209 Å². The second-order valence-electron chi connectivity index (χ2n) is 8.11. The van der Waals surface area contributed by atoms with Crippen molar-refractivity contribution in [3.63, 3.8) is 0 Å². The summed E-state index contributed by atoms with van der Waals surface area (Å²) in [4.78, 5) is 30.2. The summed E-state index contributed by atoms with van der Waals surface area (Å²) in [7, 11) is 0. The third kappa shape index (κ3) is 4.50. The van der Waals surface area contributed by atoms with Gasteiger partial charge in [-0.3, -0.25) is 14.2 Å². The summed E-state index contributed by atoms with van der Waals surface area (Å²) >= 11 is 6.27. The molecule has 5 aromatic rings. The van der Waals surface area contributed by atoms with Gasteiger partial charge in [-0.05, 0) is 30.7 Å². The van der Waals surface area contributed by atoms with Gasteiger partial charge in [-0.25, -0.2) is 14.1 Å². The van der Waals surface area contributed by atoms with Crippen molar-refractivity contribution >= 4 is 28.5 Å². The highest BCUT2D eigenvalue weighted by Gasteiger charge is 2.23. The van der Waals surface area contributed by atoms with Gasteiger partial charge in [0.1, 0.15) is 34.5 Å². The summed E-state index contributed by atoms with van der Waals surface area (Å²) in [5.74, 6) is -0.336. The largest absolute Gasteiger partial charge is 0.360 e. The zero-order valence-electron chi connectivity index (χ0n) is 19.1. The number of fused-ring (bicyclic) bond motifs is 1. The number of aromatic nitrogens is 5. The molecule has 2 aromatic carbocycles. The Morgan fingerprint density at radius 2 is 1.94 bits per heavy atom. The SMILES string of the molecule is Cc1onc(-c2ccccc2Cl)c1C(=O)NCCn1ncc2c(=O)n(Cc3ccc(F)cc3)cnc21. The van der Waals surface area contributed by atoms with Gasteiger partial charge in [-0.1, -0.05) is 47.1 Å². The van der Waals surface area contributed by atoms with Gasteiger partial charge >= 0.3 is 0 Å². The summed E-state index contributed by atoms with van der Waals surface area (Å²) in [6, 6.07) is 13.0. The Bertz CT molecular complexity index is 1620. The molecule has 0 aliphatic rings. The van der Waals surface area contributed by atoms with Crippen LogP contribution in [0.25, 0.3) is 22.3 Å². The number of benzene rings is 2. The monoisotopic (exact) mass is 506 g/mol. The van der Waals surface area contributed by atoms with E-state index in [-0.39, 0.29) is 36.9 Å². The minimum absolute atomic E-state index is 0.225. The lowest BCUT2D eigenvalue weighted by molar-refractivity contribution is 0.0951. The summed E-state index contributed by atoms with van der Waals surface area (Å²) in [6.45, 7) is 2.43. The Kier molecular flexibility index (Phi) is 6.34. The Hall–Kier alpha value is -4.31. The van der Waals surface area contributed by atoms with Gasteiger partial charge < -0.3 is 9.84 Å². The van der Waals surface area contributed by atoms with Crippen molar-refractivity contribution in [1.29, 1.82) is 0 Å². The third-order valence-corrected chi connectivity index (χ3v) is 6.05. The minimum Gasteiger partial charge on any atom is -0.360 e. The first-order chi connectivity index (χ1) is 17.4. The van der Waals surface area contributed by atoms with Gasteiger partial charge in [-0.2, -0.15) is 5.10 Å². The van der Waals surface area contributed by atoms with Gasteiger partial charge in [0.15, 0.2) is 5.65 Å². The molecule has 0 spiro atoms. The lowest BCUT2D eigenvalue weighted by atomic mass is 10.1. The van der Waals surface area contributed by atoms with E-state index in [1.54, 1.807) is 48.0 Å². The van der Waals surface area contributed by atoms with Crippen LogP contribution in [0.15, 0.2) is 70.4 Å². The molecule has 0 fully saturated rings. The molecule has 0 aliphatic carbocycles. The normalized spacial score (nSPS) is 11.2. The van der Waals surface area contributed by atoms with Crippen LogP contribution < -0.4 is 10.9 Å². The quantitative estimate of drug-likeness (QED) is 0.359. The van der Waals surface area contributed by atoms with Crippen molar-refractivity contribution < 1.29 is 13.7 Å². The van der Waals surface area contributed by atoms with E-state index in [2.05, 4.69) is 20.6 Å². The molecule has 1 amide bonds. The number of rotatable bonds is 7. The maximum absolute atomic E-state index is 13.1. The van der Waals surface area contributed by atoms with E-state index in [1.807, 2.05) is 0 Å². The molecule has 3 aromatic heterocycles. The number of nitrogens with one attached hydrogen (secondary N) is 1. The standard InChI is InChI=1S/C25H20ClFN6O3/c1-15-21(22(31-36-15)18-4-2-3-5-20(18)26)24(34)28-10-11-33-23-19(12-30-33)25(35)32(14-29-23)13-16-6-8-17(27)9-7-16/h2-9,12,14H,10-11,13H2,1H3,(H,28,34). The van der Waals surface area contributed by atoms with Gasteiger partial charge in [0, 0.05) is 12.1 Å². The van der Waals surface area contributed by atoms with Crippen LogP contribution in [0.3, 0.4) is 0 Å². The molecule has 5 rings (SSSR count). The number of carbonyl (C=O) groups excluding carboxylic acids is 1. The molecule has 0 unspecified atom stereocenters. The van der Waals surface area contributed by atoms with Crippen LogP contribution in [0, 0.1) is 12.7 Å². The van der Waals surface area contributed by atoms with E-state index < -0.39 is 0 Å². The van der Waals surface area contributed by atoms with Crippen molar-refractivity contribution in [1.82, 2.24) is 29.8 Å².